The molecule has 4 heterocycles. The molecule has 3 aromatic carbocycles. The Labute approximate surface area is 299 Å². The second-order valence-electron chi connectivity index (χ2n) is 12.9. The van der Waals surface area contributed by atoms with Crippen LogP contribution in [0.5, 0.6) is 0 Å². The van der Waals surface area contributed by atoms with Crippen molar-refractivity contribution in [1.82, 2.24) is 19.9 Å². The number of hydrogen-bond donors (Lipinski definition) is 3. The van der Waals surface area contributed by atoms with Gasteiger partial charge in [-0.15, -0.1) is 0 Å². The van der Waals surface area contributed by atoms with Crippen molar-refractivity contribution in [3.63, 3.8) is 0 Å². The van der Waals surface area contributed by atoms with Gasteiger partial charge in [0.25, 0.3) is 11.3 Å². The SMILES string of the molecule is O=C(O)Cc1ccc(CN2CCN(c3ccc(-c4cnc5[nH]cc(C(=O)c6c(F)ccc(N(N7CC[C@@H](F)C7)S(=O)O)c6F)c5c4)cc3)CC2)cc1. The molecule has 0 aliphatic carbocycles. The number of H-pyrrole nitrogens is 1. The van der Waals surface area contributed by atoms with Crippen molar-refractivity contribution < 1.29 is 36.6 Å². The first-order valence-corrected chi connectivity index (χ1v) is 17.8. The predicted octanol–water partition coefficient (Wildman–Crippen LogP) is 5.59. The molecule has 7 rings (SSSR count). The fourth-order valence-corrected chi connectivity index (χ4v) is 7.46. The quantitative estimate of drug-likeness (QED) is 0.117. The van der Waals surface area contributed by atoms with E-state index in [1.165, 1.54) is 6.20 Å². The van der Waals surface area contributed by atoms with Gasteiger partial charge in [0, 0.05) is 73.9 Å². The van der Waals surface area contributed by atoms with E-state index in [4.69, 9.17) is 5.11 Å². The lowest BCUT2D eigenvalue weighted by Crippen LogP contribution is -2.45. The minimum atomic E-state index is -2.81. The second-order valence-corrected chi connectivity index (χ2v) is 13.7. The van der Waals surface area contributed by atoms with Gasteiger partial charge in [-0.1, -0.05) is 36.4 Å². The van der Waals surface area contributed by atoms with Gasteiger partial charge in [-0.25, -0.2) is 27.4 Å². The number of halogens is 3. The monoisotopic (exact) mass is 732 g/mol. The molecule has 2 atom stereocenters. The van der Waals surface area contributed by atoms with Gasteiger partial charge in [-0.2, -0.15) is 4.41 Å². The lowest BCUT2D eigenvalue weighted by Gasteiger charge is -2.36. The number of alkyl halides is 1. The van der Waals surface area contributed by atoms with E-state index >= 15 is 8.78 Å². The van der Waals surface area contributed by atoms with Crippen molar-refractivity contribution >= 4 is 45.4 Å². The van der Waals surface area contributed by atoms with Crippen LogP contribution in [-0.4, -0.2) is 90.9 Å². The van der Waals surface area contributed by atoms with E-state index in [2.05, 4.69) is 19.8 Å². The average molecular weight is 733 g/mol. The summed E-state index contributed by atoms with van der Waals surface area (Å²) in [6.45, 7) is 3.94. The van der Waals surface area contributed by atoms with Crippen LogP contribution in [0.2, 0.25) is 0 Å². The molecule has 11 nitrogen and oxygen atoms in total. The Hall–Kier alpha value is -5.09. The molecule has 0 saturated carbocycles. The van der Waals surface area contributed by atoms with Crippen molar-refractivity contribution in [2.75, 3.05) is 48.6 Å². The number of nitrogens with one attached hydrogen (secondary N) is 1. The second kappa shape index (κ2) is 14.9. The number of aromatic amines is 1. The number of aromatic nitrogens is 2. The minimum Gasteiger partial charge on any atom is -0.481 e. The van der Waals surface area contributed by atoms with Crippen LogP contribution < -0.4 is 9.31 Å². The Balaban J connectivity index is 1.06. The van der Waals surface area contributed by atoms with E-state index in [1.54, 1.807) is 12.3 Å². The summed E-state index contributed by atoms with van der Waals surface area (Å²) in [6.07, 6.45) is 1.76. The van der Waals surface area contributed by atoms with Gasteiger partial charge in [-0.3, -0.25) is 19.0 Å². The summed E-state index contributed by atoms with van der Waals surface area (Å²) >= 11 is -2.81. The van der Waals surface area contributed by atoms with Crippen molar-refractivity contribution in [3.8, 4) is 11.1 Å². The van der Waals surface area contributed by atoms with Crippen LogP contribution >= 0.6 is 0 Å². The lowest BCUT2D eigenvalue weighted by atomic mass is 9.99. The fourth-order valence-electron chi connectivity index (χ4n) is 6.81. The molecule has 2 fully saturated rings. The highest BCUT2D eigenvalue weighted by molar-refractivity contribution is 7.80. The number of fused-ring (bicyclic) bond motifs is 1. The van der Waals surface area contributed by atoms with Gasteiger partial charge in [-0.05, 0) is 53.4 Å². The van der Waals surface area contributed by atoms with Crippen molar-refractivity contribution in [3.05, 3.63) is 113 Å². The number of ketones is 1. The van der Waals surface area contributed by atoms with Gasteiger partial charge in [0.1, 0.15) is 23.3 Å². The highest BCUT2D eigenvalue weighted by Crippen LogP contribution is 2.33. The van der Waals surface area contributed by atoms with Gasteiger partial charge >= 0.3 is 5.97 Å². The first kappa shape index (κ1) is 35.3. The van der Waals surface area contributed by atoms with Crippen LogP contribution in [0.25, 0.3) is 22.2 Å². The molecule has 52 heavy (non-hydrogen) atoms. The molecule has 2 aromatic heterocycles. The van der Waals surface area contributed by atoms with E-state index in [0.29, 0.717) is 21.0 Å². The standard InChI is InChI=1S/C37H35F3N6O5S/c38-27-11-12-45(22-27)46(52(50)51)32-10-9-31(39)34(35(32)40)36(49)30-20-42-37-29(30)18-26(19-41-37)25-5-7-28(8-6-25)44-15-13-43(14-16-44)21-24-3-1-23(2-4-24)17-33(47)48/h1-10,18-20,27H,11-17,21-22H2,(H,41,42)(H,47,48)(H,50,51)/t27-/m1/s1. The summed E-state index contributed by atoms with van der Waals surface area (Å²) in [5.74, 6) is -4.32. The Bertz CT molecular complexity index is 2140. The number of anilines is 2. The average Bonchev–Trinajstić information content (AvgIpc) is 3.76. The maximum atomic E-state index is 15.9. The molecule has 0 radical (unpaired) electrons. The molecular formula is C37H35F3N6O5S. The topological polar surface area (TPSA) is 133 Å². The zero-order chi connectivity index (χ0) is 36.5. The van der Waals surface area contributed by atoms with Gasteiger partial charge in [0.15, 0.2) is 5.82 Å². The van der Waals surface area contributed by atoms with Crippen molar-refractivity contribution in [2.24, 2.45) is 0 Å². The number of hydrazine groups is 1. The van der Waals surface area contributed by atoms with E-state index in [9.17, 15) is 22.7 Å². The third-order valence-electron chi connectivity index (χ3n) is 9.52. The third kappa shape index (κ3) is 7.30. The Kier molecular flexibility index (Phi) is 10.1. The number of carbonyl (C=O) groups excluding carboxylic acids is 1. The van der Waals surface area contributed by atoms with E-state index < -0.39 is 52.1 Å². The van der Waals surface area contributed by atoms with E-state index in [1.807, 2.05) is 48.5 Å². The highest BCUT2D eigenvalue weighted by atomic mass is 32.2. The lowest BCUT2D eigenvalue weighted by molar-refractivity contribution is -0.136. The molecule has 2 aliphatic rings. The number of piperazine rings is 1. The van der Waals surface area contributed by atoms with Crippen LogP contribution in [0, 0.1) is 11.6 Å². The summed E-state index contributed by atoms with van der Waals surface area (Å²) in [7, 11) is 0. The molecular weight excluding hydrogens is 698 g/mol. The van der Waals surface area contributed by atoms with Gasteiger partial charge < -0.3 is 15.0 Å². The number of pyridine rings is 1. The first-order valence-electron chi connectivity index (χ1n) is 16.7. The molecule has 0 bridgehead atoms. The number of benzene rings is 3. The molecule has 2 aliphatic heterocycles. The maximum absolute atomic E-state index is 15.9. The van der Waals surface area contributed by atoms with Gasteiger partial charge in [0.05, 0.1) is 18.5 Å². The zero-order valence-electron chi connectivity index (χ0n) is 27.8. The highest BCUT2D eigenvalue weighted by Gasteiger charge is 2.34. The van der Waals surface area contributed by atoms with Gasteiger partial charge in [0.2, 0.25) is 5.78 Å². The largest absolute Gasteiger partial charge is 0.481 e. The predicted molar refractivity (Wildman–Crippen MR) is 191 cm³/mol. The van der Waals surface area contributed by atoms with Crippen LogP contribution in [0.4, 0.5) is 24.5 Å². The summed E-state index contributed by atoms with van der Waals surface area (Å²) in [4.78, 5) is 36.7. The zero-order valence-corrected chi connectivity index (χ0v) is 28.7. The number of hydrogen-bond acceptors (Lipinski definition) is 7. The molecule has 1 unspecified atom stereocenters. The van der Waals surface area contributed by atoms with Crippen LogP contribution in [0.1, 0.15) is 33.5 Å². The van der Waals surface area contributed by atoms with E-state index in [0.717, 1.165) is 72.2 Å². The molecule has 0 spiro atoms. The van der Waals surface area contributed by atoms with Crippen LogP contribution in [-0.2, 0) is 29.0 Å². The molecule has 270 valence electrons. The molecule has 15 heteroatoms. The molecule has 3 N–H and O–H groups in total. The van der Waals surface area contributed by atoms with Crippen molar-refractivity contribution in [1.29, 1.82) is 0 Å². The first-order chi connectivity index (χ1) is 25.0. The Morgan fingerprint density at radius 2 is 1.65 bits per heavy atom. The number of nitrogens with zero attached hydrogens (tertiary/aromatic N) is 5. The Morgan fingerprint density at radius 3 is 2.31 bits per heavy atom. The summed E-state index contributed by atoms with van der Waals surface area (Å²) < 4.78 is 67.7. The van der Waals surface area contributed by atoms with Crippen LogP contribution in [0.15, 0.2) is 79.1 Å². The summed E-state index contributed by atoms with van der Waals surface area (Å²) in [5, 5.41) is 10.5. The maximum Gasteiger partial charge on any atom is 0.307 e. The minimum absolute atomic E-state index is 0.00882. The number of carbonyl (C=O) groups is 2. The molecule has 5 aromatic rings. The van der Waals surface area contributed by atoms with Crippen LogP contribution in [0.3, 0.4) is 0 Å². The van der Waals surface area contributed by atoms with E-state index in [-0.39, 0.29) is 31.5 Å². The smallest absolute Gasteiger partial charge is 0.307 e. The normalized spacial score (nSPS) is 17.5. The Morgan fingerprint density at radius 1 is 0.942 bits per heavy atom. The molecule has 2 saturated heterocycles. The number of carboxylic acid groups (broad SMARTS) is 1. The number of carboxylic acids is 1. The van der Waals surface area contributed by atoms with Crippen molar-refractivity contribution in [2.45, 2.75) is 25.6 Å². The summed E-state index contributed by atoms with van der Waals surface area (Å²) in [5.41, 5.74) is 3.32. The molecule has 0 amide bonds. The number of aliphatic carboxylic acids is 1. The number of rotatable bonds is 11. The fraction of sp³-hybridized carbons (Fsp3) is 0.270. The summed E-state index contributed by atoms with van der Waals surface area (Å²) in [6, 6.07) is 19.1. The third-order valence-corrected chi connectivity index (χ3v) is 10.2.